The fourth-order valence-electron chi connectivity index (χ4n) is 2.67. The van der Waals surface area contributed by atoms with Gasteiger partial charge in [-0.15, -0.1) is 0 Å². The highest BCUT2D eigenvalue weighted by atomic mass is 35.5. The van der Waals surface area contributed by atoms with Crippen LogP contribution in [-0.2, 0) is 13.0 Å². The number of ether oxygens (including phenoxy) is 1. The maximum Gasteiger partial charge on any atom is 0.165 e. The number of aromatic nitrogens is 4. The van der Waals surface area contributed by atoms with E-state index >= 15 is 0 Å². The zero-order valence-electron chi connectivity index (χ0n) is 13.8. The minimum atomic E-state index is 0.397. The van der Waals surface area contributed by atoms with Crippen molar-refractivity contribution in [1.29, 1.82) is 0 Å². The van der Waals surface area contributed by atoms with Crippen LogP contribution < -0.4 is 10.5 Å². The van der Waals surface area contributed by atoms with E-state index in [4.69, 9.17) is 22.1 Å². The normalized spacial score (nSPS) is 11.1. The number of halogens is 1. The lowest BCUT2D eigenvalue weighted by atomic mass is 10.1. The summed E-state index contributed by atoms with van der Waals surface area (Å²) in [5.74, 6) is 2.04. The van der Waals surface area contributed by atoms with Gasteiger partial charge in [0.15, 0.2) is 17.0 Å². The van der Waals surface area contributed by atoms with Crippen LogP contribution in [0.2, 0.25) is 5.02 Å². The van der Waals surface area contributed by atoms with E-state index < -0.39 is 0 Å². The molecule has 2 heterocycles. The standard InChI is InChI=1S/C17H20ClN5O/c1-3-4-7-23-14(22-15-16(19)20-10-21-17(15)23)9-11-8-12(24-2)5-6-13(11)18/h5-6,8,10H,3-4,7,9H2,1-2H3,(H2,19,20,21). The van der Waals surface area contributed by atoms with Crippen LogP contribution in [-0.4, -0.2) is 26.6 Å². The number of nitrogen functional groups attached to an aromatic ring is 1. The Hall–Kier alpha value is -2.34. The Balaban J connectivity index is 2.06. The van der Waals surface area contributed by atoms with Crippen LogP contribution in [0.3, 0.4) is 0 Å². The van der Waals surface area contributed by atoms with Gasteiger partial charge in [-0.2, -0.15) is 0 Å². The topological polar surface area (TPSA) is 78.9 Å². The van der Waals surface area contributed by atoms with E-state index in [0.29, 0.717) is 22.8 Å². The molecule has 6 nitrogen and oxygen atoms in total. The van der Waals surface area contributed by atoms with Gasteiger partial charge >= 0.3 is 0 Å². The first-order valence-corrected chi connectivity index (χ1v) is 8.29. The molecule has 2 N–H and O–H groups in total. The molecular weight excluding hydrogens is 326 g/mol. The third-order valence-electron chi connectivity index (χ3n) is 3.98. The highest BCUT2D eigenvalue weighted by Crippen LogP contribution is 2.26. The van der Waals surface area contributed by atoms with Gasteiger partial charge in [-0.3, -0.25) is 0 Å². The quantitative estimate of drug-likeness (QED) is 0.740. The van der Waals surface area contributed by atoms with Gasteiger partial charge in [0.2, 0.25) is 0 Å². The number of imidazole rings is 1. The first-order chi connectivity index (χ1) is 11.6. The van der Waals surface area contributed by atoms with Gasteiger partial charge in [0.05, 0.1) is 7.11 Å². The zero-order chi connectivity index (χ0) is 17.1. The predicted molar refractivity (Wildman–Crippen MR) is 95.5 cm³/mol. The van der Waals surface area contributed by atoms with Crippen molar-refractivity contribution >= 4 is 28.6 Å². The van der Waals surface area contributed by atoms with Crippen molar-refractivity contribution in [2.45, 2.75) is 32.7 Å². The second-order valence-corrected chi connectivity index (χ2v) is 6.01. The van der Waals surface area contributed by atoms with E-state index in [9.17, 15) is 0 Å². The monoisotopic (exact) mass is 345 g/mol. The Morgan fingerprint density at radius 3 is 2.88 bits per heavy atom. The summed E-state index contributed by atoms with van der Waals surface area (Å²) in [6, 6.07) is 5.61. The second kappa shape index (κ2) is 7.05. The van der Waals surface area contributed by atoms with Crippen LogP contribution in [0.25, 0.3) is 11.2 Å². The van der Waals surface area contributed by atoms with Crippen LogP contribution in [0.4, 0.5) is 5.82 Å². The molecule has 0 saturated heterocycles. The minimum Gasteiger partial charge on any atom is -0.497 e. The molecule has 24 heavy (non-hydrogen) atoms. The largest absolute Gasteiger partial charge is 0.497 e. The summed E-state index contributed by atoms with van der Waals surface area (Å²) >= 11 is 6.34. The van der Waals surface area contributed by atoms with E-state index in [1.165, 1.54) is 6.33 Å². The Labute approximate surface area is 145 Å². The maximum atomic E-state index is 6.34. The van der Waals surface area contributed by atoms with Crippen molar-refractivity contribution in [2.24, 2.45) is 0 Å². The van der Waals surface area contributed by atoms with E-state index in [-0.39, 0.29) is 0 Å². The third-order valence-corrected chi connectivity index (χ3v) is 4.34. The molecule has 0 fully saturated rings. The summed E-state index contributed by atoms with van der Waals surface area (Å²) in [4.78, 5) is 13.1. The van der Waals surface area contributed by atoms with Gasteiger partial charge in [-0.1, -0.05) is 24.9 Å². The number of hydrogen-bond donors (Lipinski definition) is 1. The van der Waals surface area contributed by atoms with Crippen molar-refractivity contribution in [2.75, 3.05) is 12.8 Å². The third kappa shape index (κ3) is 3.14. The first kappa shape index (κ1) is 16.5. The molecule has 3 aromatic rings. The Morgan fingerprint density at radius 2 is 2.12 bits per heavy atom. The summed E-state index contributed by atoms with van der Waals surface area (Å²) in [5.41, 5.74) is 8.33. The summed E-state index contributed by atoms with van der Waals surface area (Å²) < 4.78 is 7.40. The summed E-state index contributed by atoms with van der Waals surface area (Å²) in [5, 5.41) is 0.684. The van der Waals surface area contributed by atoms with Crippen LogP contribution in [0.1, 0.15) is 31.2 Å². The molecule has 2 aromatic heterocycles. The SMILES string of the molecule is CCCCn1c(Cc2cc(OC)ccc2Cl)nc2c(N)ncnc21. The molecule has 1 aromatic carbocycles. The number of anilines is 1. The van der Waals surface area contributed by atoms with Gasteiger partial charge < -0.3 is 15.0 Å². The minimum absolute atomic E-state index is 0.397. The molecule has 0 amide bonds. The number of hydrogen-bond acceptors (Lipinski definition) is 5. The molecule has 3 rings (SSSR count). The smallest absolute Gasteiger partial charge is 0.165 e. The molecule has 0 aliphatic heterocycles. The van der Waals surface area contributed by atoms with Gasteiger partial charge in [0, 0.05) is 18.0 Å². The highest BCUT2D eigenvalue weighted by molar-refractivity contribution is 6.31. The molecule has 0 bridgehead atoms. The molecular formula is C17H20ClN5O. The highest BCUT2D eigenvalue weighted by Gasteiger charge is 2.16. The van der Waals surface area contributed by atoms with Gasteiger partial charge in [0.25, 0.3) is 0 Å². The van der Waals surface area contributed by atoms with Crippen molar-refractivity contribution in [3.05, 3.63) is 40.9 Å². The molecule has 0 unspecified atom stereocenters. The molecule has 0 spiro atoms. The van der Waals surface area contributed by atoms with Crippen LogP contribution in [0, 0.1) is 0 Å². The zero-order valence-corrected chi connectivity index (χ0v) is 14.5. The van der Waals surface area contributed by atoms with Gasteiger partial charge in [-0.05, 0) is 30.2 Å². The number of aryl methyl sites for hydroxylation is 1. The van der Waals surface area contributed by atoms with Crippen molar-refractivity contribution < 1.29 is 4.74 Å². The Bertz CT molecular complexity index is 862. The second-order valence-electron chi connectivity index (χ2n) is 5.60. The average molecular weight is 346 g/mol. The van der Waals surface area contributed by atoms with E-state index in [1.807, 2.05) is 18.2 Å². The molecule has 0 atom stereocenters. The first-order valence-electron chi connectivity index (χ1n) is 7.92. The fraction of sp³-hybridized carbons (Fsp3) is 0.353. The van der Waals surface area contributed by atoms with E-state index in [0.717, 1.165) is 42.2 Å². The molecule has 0 aliphatic carbocycles. The summed E-state index contributed by atoms with van der Waals surface area (Å²) in [6.45, 7) is 2.99. The lowest BCUT2D eigenvalue weighted by molar-refractivity contribution is 0.414. The Morgan fingerprint density at radius 1 is 1.29 bits per heavy atom. The fourth-order valence-corrected chi connectivity index (χ4v) is 2.85. The van der Waals surface area contributed by atoms with E-state index in [2.05, 4.69) is 26.4 Å². The molecule has 0 aliphatic rings. The predicted octanol–water partition coefficient (Wildman–Crippen LogP) is 3.46. The van der Waals surface area contributed by atoms with Crippen LogP contribution in [0.5, 0.6) is 5.75 Å². The summed E-state index contributed by atoms with van der Waals surface area (Å²) in [7, 11) is 1.64. The number of rotatable bonds is 6. The average Bonchev–Trinajstić information content (AvgIpc) is 2.94. The molecule has 0 radical (unpaired) electrons. The lowest BCUT2D eigenvalue weighted by Gasteiger charge is -2.10. The molecule has 0 saturated carbocycles. The molecule has 126 valence electrons. The number of benzene rings is 1. The van der Waals surface area contributed by atoms with Crippen molar-refractivity contribution in [1.82, 2.24) is 19.5 Å². The number of unbranched alkanes of at least 4 members (excludes halogenated alkanes) is 1. The number of methoxy groups -OCH3 is 1. The number of nitrogens with zero attached hydrogens (tertiary/aromatic N) is 4. The van der Waals surface area contributed by atoms with E-state index in [1.54, 1.807) is 7.11 Å². The summed E-state index contributed by atoms with van der Waals surface area (Å²) in [6.07, 6.45) is 4.17. The van der Waals surface area contributed by atoms with Gasteiger partial charge in [-0.25, -0.2) is 15.0 Å². The van der Waals surface area contributed by atoms with Crippen molar-refractivity contribution in [3.63, 3.8) is 0 Å². The van der Waals surface area contributed by atoms with Gasteiger partial charge in [0.1, 0.15) is 17.9 Å². The molecule has 7 heteroatoms. The Kier molecular flexibility index (Phi) is 4.85. The number of nitrogens with two attached hydrogens (primary N) is 1. The lowest BCUT2D eigenvalue weighted by Crippen LogP contribution is -2.06. The maximum absolute atomic E-state index is 6.34. The van der Waals surface area contributed by atoms with Crippen LogP contribution in [0.15, 0.2) is 24.5 Å². The van der Waals surface area contributed by atoms with Crippen molar-refractivity contribution in [3.8, 4) is 5.75 Å². The van der Waals surface area contributed by atoms with Crippen LogP contribution >= 0.6 is 11.6 Å². The number of fused-ring (bicyclic) bond motifs is 1.